The van der Waals surface area contributed by atoms with Gasteiger partial charge in [-0.3, -0.25) is 9.36 Å². The van der Waals surface area contributed by atoms with Gasteiger partial charge >= 0.3 is 7.60 Å². The fourth-order valence-corrected chi connectivity index (χ4v) is 3.29. The van der Waals surface area contributed by atoms with Crippen molar-refractivity contribution in [2.24, 2.45) is 0 Å². The first kappa shape index (κ1) is 17.5. The van der Waals surface area contributed by atoms with Gasteiger partial charge in [-0.05, 0) is 26.0 Å². The number of hydrogen-bond donors (Lipinski definition) is 0. The summed E-state index contributed by atoms with van der Waals surface area (Å²) in [5.41, 5.74) is 0.179. The van der Waals surface area contributed by atoms with Crippen molar-refractivity contribution < 1.29 is 23.1 Å². The van der Waals surface area contributed by atoms with Gasteiger partial charge < -0.3 is 13.8 Å². The summed E-state index contributed by atoms with van der Waals surface area (Å²) in [4.78, 5) is 10.8. The number of carbonyl (C=O) groups is 1. The number of aldehydes is 1. The molecule has 0 fully saturated rings. The number of halogens is 2. The molecule has 0 N–H and O–H groups in total. The maximum absolute atomic E-state index is 12.2. The molecule has 112 valence electrons. The molecule has 0 aliphatic carbocycles. The van der Waals surface area contributed by atoms with Gasteiger partial charge in [-0.15, -0.1) is 0 Å². The van der Waals surface area contributed by atoms with E-state index in [1.165, 1.54) is 12.1 Å². The van der Waals surface area contributed by atoms with Crippen LogP contribution < -0.4 is 4.74 Å². The Kier molecular flexibility index (Phi) is 7.00. The molecule has 0 bridgehead atoms. The van der Waals surface area contributed by atoms with Crippen LogP contribution in [0.15, 0.2) is 12.1 Å². The first-order chi connectivity index (χ1) is 9.45. The van der Waals surface area contributed by atoms with Gasteiger partial charge in [-0.1, -0.05) is 23.2 Å². The predicted molar refractivity (Wildman–Crippen MR) is 78.2 cm³/mol. The average molecular weight is 341 g/mol. The van der Waals surface area contributed by atoms with Crippen LogP contribution in [0.5, 0.6) is 5.75 Å². The second-order valence-electron chi connectivity index (χ2n) is 3.64. The Morgan fingerprint density at radius 1 is 1.15 bits per heavy atom. The molecule has 0 aliphatic heterocycles. The number of carbonyl (C=O) groups excluding carboxylic acids is 1. The molecule has 1 aromatic rings. The Morgan fingerprint density at radius 3 is 2.05 bits per heavy atom. The van der Waals surface area contributed by atoms with Gasteiger partial charge in [0.25, 0.3) is 0 Å². The lowest BCUT2D eigenvalue weighted by Crippen LogP contribution is -2.06. The summed E-state index contributed by atoms with van der Waals surface area (Å²) in [7, 11) is -3.31. The van der Waals surface area contributed by atoms with Crippen LogP contribution in [-0.4, -0.2) is 25.8 Å². The zero-order valence-electron chi connectivity index (χ0n) is 11.1. The van der Waals surface area contributed by atoms with E-state index in [1.54, 1.807) is 13.8 Å². The Labute approximate surface area is 127 Å². The Hall–Kier alpha value is -0.580. The van der Waals surface area contributed by atoms with Crippen LogP contribution in [0.3, 0.4) is 0 Å². The zero-order valence-corrected chi connectivity index (χ0v) is 13.5. The Balaban J connectivity index is 2.83. The van der Waals surface area contributed by atoms with E-state index in [9.17, 15) is 9.36 Å². The molecular formula is C12H15Cl2O5P. The van der Waals surface area contributed by atoms with Crippen LogP contribution in [0.25, 0.3) is 0 Å². The lowest BCUT2D eigenvalue weighted by Gasteiger charge is -2.17. The fraction of sp³-hybridized carbons (Fsp3) is 0.417. The standard InChI is InChI=1S/C12H15Cl2O5P/c1-3-18-20(16,19-4-2)8-17-9-5-11(13)10(7-15)12(14)6-9/h5-7H,3-4,8H2,1-2H3. The van der Waals surface area contributed by atoms with E-state index in [0.717, 1.165) is 0 Å². The number of ether oxygens (including phenoxy) is 1. The molecule has 0 spiro atoms. The van der Waals surface area contributed by atoms with Crippen molar-refractivity contribution >= 4 is 37.1 Å². The topological polar surface area (TPSA) is 61.8 Å². The molecule has 20 heavy (non-hydrogen) atoms. The number of benzene rings is 1. The van der Waals surface area contributed by atoms with Crippen LogP contribution in [-0.2, 0) is 13.6 Å². The van der Waals surface area contributed by atoms with Crippen molar-refractivity contribution in [2.45, 2.75) is 13.8 Å². The summed E-state index contributed by atoms with van der Waals surface area (Å²) in [5.74, 6) is 0.283. The van der Waals surface area contributed by atoms with Crippen LogP contribution >= 0.6 is 30.8 Å². The first-order valence-electron chi connectivity index (χ1n) is 5.91. The van der Waals surface area contributed by atoms with Crippen molar-refractivity contribution in [3.8, 4) is 5.75 Å². The highest BCUT2D eigenvalue weighted by Gasteiger charge is 2.25. The van der Waals surface area contributed by atoms with Crippen LogP contribution in [0.2, 0.25) is 10.0 Å². The lowest BCUT2D eigenvalue weighted by atomic mass is 10.2. The third kappa shape index (κ3) is 4.76. The van der Waals surface area contributed by atoms with Gasteiger partial charge in [0, 0.05) is 0 Å². The number of hydrogen-bond acceptors (Lipinski definition) is 5. The zero-order chi connectivity index (χ0) is 15.2. The van der Waals surface area contributed by atoms with Crippen molar-refractivity contribution in [1.29, 1.82) is 0 Å². The molecule has 0 radical (unpaired) electrons. The minimum absolute atomic E-state index is 0.158. The highest BCUT2D eigenvalue weighted by molar-refractivity contribution is 7.53. The van der Waals surface area contributed by atoms with Crippen molar-refractivity contribution in [3.63, 3.8) is 0 Å². The second-order valence-corrected chi connectivity index (χ2v) is 6.45. The van der Waals surface area contributed by atoms with Gasteiger partial charge in [-0.25, -0.2) is 0 Å². The summed E-state index contributed by atoms with van der Waals surface area (Å²) >= 11 is 11.8. The third-order valence-electron chi connectivity index (χ3n) is 2.21. The molecular weight excluding hydrogens is 326 g/mol. The van der Waals surface area contributed by atoms with E-state index in [4.69, 9.17) is 37.0 Å². The lowest BCUT2D eigenvalue weighted by molar-refractivity contribution is 0.112. The van der Waals surface area contributed by atoms with Gasteiger partial charge in [0.2, 0.25) is 0 Å². The van der Waals surface area contributed by atoms with Crippen LogP contribution in [0.4, 0.5) is 0 Å². The summed E-state index contributed by atoms with van der Waals surface area (Å²) in [6.07, 6.45) is 0.293. The molecule has 1 rings (SSSR count). The molecule has 0 saturated heterocycles. The molecule has 0 saturated carbocycles. The molecule has 8 heteroatoms. The normalized spacial score (nSPS) is 11.4. The van der Waals surface area contributed by atoms with Crippen LogP contribution in [0.1, 0.15) is 24.2 Å². The minimum Gasteiger partial charge on any atom is -0.481 e. The van der Waals surface area contributed by atoms with Crippen molar-refractivity contribution in [1.82, 2.24) is 0 Å². The average Bonchev–Trinajstić information content (AvgIpc) is 2.37. The molecule has 0 aliphatic rings. The summed E-state index contributed by atoms with van der Waals surface area (Å²) in [6, 6.07) is 2.83. The summed E-state index contributed by atoms with van der Waals surface area (Å²) in [6.45, 7) is 3.90. The highest BCUT2D eigenvalue weighted by atomic mass is 35.5. The predicted octanol–water partition coefficient (Wildman–Crippen LogP) is 4.41. The monoisotopic (exact) mass is 340 g/mol. The van der Waals surface area contributed by atoms with E-state index in [0.29, 0.717) is 6.29 Å². The Bertz CT molecular complexity index is 488. The molecule has 5 nitrogen and oxygen atoms in total. The van der Waals surface area contributed by atoms with E-state index < -0.39 is 7.60 Å². The van der Waals surface area contributed by atoms with Gasteiger partial charge in [0.1, 0.15) is 5.75 Å². The van der Waals surface area contributed by atoms with Gasteiger partial charge in [0.05, 0.1) is 28.8 Å². The van der Waals surface area contributed by atoms with Crippen LogP contribution in [0, 0.1) is 0 Å². The summed E-state index contributed by atoms with van der Waals surface area (Å²) < 4.78 is 27.7. The Morgan fingerprint density at radius 2 is 1.65 bits per heavy atom. The SMILES string of the molecule is CCOP(=O)(COc1cc(Cl)c(C=O)c(Cl)c1)OCC. The third-order valence-corrected chi connectivity index (χ3v) is 4.59. The first-order valence-corrected chi connectivity index (χ1v) is 8.39. The molecule has 0 heterocycles. The fourth-order valence-electron chi connectivity index (χ4n) is 1.42. The van der Waals surface area contributed by atoms with Crippen molar-refractivity contribution in [2.75, 3.05) is 19.6 Å². The molecule has 0 atom stereocenters. The molecule has 0 aromatic heterocycles. The quantitative estimate of drug-likeness (QED) is 0.518. The smallest absolute Gasteiger partial charge is 0.367 e. The maximum atomic E-state index is 12.2. The van der Waals surface area contributed by atoms with Crippen molar-refractivity contribution in [3.05, 3.63) is 27.7 Å². The van der Waals surface area contributed by atoms with E-state index in [2.05, 4.69) is 0 Å². The maximum Gasteiger partial charge on any atom is 0.367 e. The highest BCUT2D eigenvalue weighted by Crippen LogP contribution is 2.48. The molecule has 0 amide bonds. The van der Waals surface area contributed by atoms with Gasteiger partial charge in [0.15, 0.2) is 12.6 Å². The minimum atomic E-state index is -3.31. The van der Waals surface area contributed by atoms with Gasteiger partial charge in [-0.2, -0.15) is 0 Å². The molecule has 0 unspecified atom stereocenters. The largest absolute Gasteiger partial charge is 0.481 e. The second kappa shape index (κ2) is 8.01. The number of rotatable bonds is 8. The van der Waals surface area contributed by atoms with E-state index in [-0.39, 0.29) is 40.9 Å². The summed E-state index contributed by atoms with van der Waals surface area (Å²) in [5, 5.41) is 0.315. The molecule has 1 aromatic carbocycles. The van der Waals surface area contributed by atoms with E-state index >= 15 is 0 Å². The van der Waals surface area contributed by atoms with E-state index in [1.807, 2.05) is 0 Å².